The first-order valence-corrected chi connectivity index (χ1v) is 7.07. The maximum absolute atomic E-state index is 13.7. The molecule has 0 radical (unpaired) electrons. The molecule has 0 saturated carbocycles. The van der Waals surface area contributed by atoms with E-state index in [0.29, 0.717) is 10.0 Å². The van der Waals surface area contributed by atoms with E-state index in [0.717, 1.165) is 2.88 Å². The molecule has 0 atom stereocenters. The van der Waals surface area contributed by atoms with E-state index < -0.39 is 5.82 Å². The Morgan fingerprint density at radius 1 is 1.44 bits per heavy atom. The number of halogens is 3. The zero-order valence-electron chi connectivity index (χ0n) is 7.84. The van der Waals surface area contributed by atoms with Crippen LogP contribution in [0.3, 0.4) is 0 Å². The number of thiophene rings is 1. The Morgan fingerprint density at radius 2 is 2.19 bits per heavy atom. The molecule has 5 heteroatoms. The van der Waals surface area contributed by atoms with Gasteiger partial charge < -0.3 is 0 Å². The van der Waals surface area contributed by atoms with Crippen molar-refractivity contribution in [2.45, 2.75) is 0 Å². The van der Waals surface area contributed by atoms with Crippen LogP contribution in [0.15, 0.2) is 34.1 Å². The Morgan fingerprint density at radius 3 is 2.81 bits per heavy atom. The molecule has 0 amide bonds. The molecule has 0 saturated heterocycles. The van der Waals surface area contributed by atoms with E-state index in [1.165, 1.54) is 17.4 Å². The molecular weight excluding hydrogens is 406 g/mol. The van der Waals surface area contributed by atoms with Crippen molar-refractivity contribution in [1.82, 2.24) is 0 Å². The molecule has 2 rings (SSSR count). The van der Waals surface area contributed by atoms with Crippen LogP contribution >= 0.6 is 49.9 Å². The SMILES string of the molecule is O=C(c1csc(I)c1)c1cccc(Br)c1F. The van der Waals surface area contributed by atoms with Crippen molar-refractivity contribution in [3.8, 4) is 0 Å². The Balaban J connectivity index is 2.45. The van der Waals surface area contributed by atoms with Crippen LogP contribution in [0.2, 0.25) is 0 Å². The maximum atomic E-state index is 13.7. The van der Waals surface area contributed by atoms with Crippen LogP contribution in [0, 0.1) is 8.70 Å². The highest BCUT2D eigenvalue weighted by Gasteiger charge is 2.16. The van der Waals surface area contributed by atoms with Crippen LogP contribution in [0.5, 0.6) is 0 Å². The third kappa shape index (κ3) is 2.36. The molecular formula is C11H5BrFIOS. The van der Waals surface area contributed by atoms with Gasteiger partial charge in [0.2, 0.25) is 0 Å². The molecule has 0 aliphatic rings. The quantitative estimate of drug-likeness (QED) is 0.526. The van der Waals surface area contributed by atoms with Crippen molar-refractivity contribution in [3.05, 3.63) is 53.9 Å². The van der Waals surface area contributed by atoms with Crippen molar-refractivity contribution in [2.24, 2.45) is 0 Å². The minimum absolute atomic E-state index is 0.101. The van der Waals surface area contributed by atoms with Crippen LogP contribution in [0.1, 0.15) is 15.9 Å². The summed E-state index contributed by atoms with van der Waals surface area (Å²) in [6.45, 7) is 0. The van der Waals surface area contributed by atoms with Crippen molar-refractivity contribution < 1.29 is 9.18 Å². The summed E-state index contributed by atoms with van der Waals surface area (Å²) in [7, 11) is 0. The fraction of sp³-hybridized carbons (Fsp3) is 0. The van der Waals surface area contributed by atoms with Gasteiger partial charge in [-0.3, -0.25) is 4.79 Å². The van der Waals surface area contributed by atoms with Crippen molar-refractivity contribution in [1.29, 1.82) is 0 Å². The summed E-state index contributed by atoms with van der Waals surface area (Å²) in [4.78, 5) is 12.0. The Labute approximate surface area is 118 Å². The molecule has 0 spiro atoms. The monoisotopic (exact) mass is 410 g/mol. The second-order valence-corrected chi connectivity index (χ2v) is 6.73. The molecule has 1 heterocycles. The second-order valence-electron chi connectivity index (χ2n) is 3.07. The molecule has 1 aromatic carbocycles. The van der Waals surface area contributed by atoms with E-state index in [1.54, 1.807) is 23.6 Å². The molecule has 0 unspecified atom stereocenters. The van der Waals surface area contributed by atoms with Gasteiger partial charge in [-0.25, -0.2) is 4.39 Å². The first-order chi connectivity index (χ1) is 7.59. The highest BCUT2D eigenvalue weighted by Crippen LogP contribution is 2.24. The van der Waals surface area contributed by atoms with Crippen LogP contribution in [-0.4, -0.2) is 5.78 Å². The predicted molar refractivity (Wildman–Crippen MR) is 74.6 cm³/mol. The summed E-state index contributed by atoms with van der Waals surface area (Å²) in [5.41, 5.74) is 0.634. The van der Waals surface area contributed by atoms with Gasteiger partial charge in [0.05, 0.1) is 12.9 Å². The summed E-state index contributed by atoms with van der Waals surface area (Å²) in [5, 5.41) is 1.74. The van der Waals surface area contributed by atoms with Gasteiger partial charge in [-0.15, -0.1) is 11.3 Å². The van der Waals surface area contributed by atoms with Crippen LogP contribution in [0.4, 0.5) is 4.39 Å². The summed E-state index contributed by atoms with van der Waals surface area (Å²) >= 11 is 6.67. The van der Waals surface area contributed by atoms with Gasteiger partial charge in [0.1, 0.15) is 5.82 Å². The summed E-state index contributed by atoms with van der Waals surface area (Å²) in [5.74, 6) is -0.785. The zero-order chi connectivity index (χ0) is 11.7. The summed E-state index contributed by atoms with van der Waals surface area (Å²) in [6.07, 6.45) is 0. The van der Waals surface area contributed by atoms with E-state index >= 15 is 0 Å². The topological polar surface area (TPSA) is 17.1 Å². The molecule has 0 bridgehead atoms. The van der Waals surface area contributed by atoms with Gasteiger partial charge in [0.15, 0.2) is 5.78 Å². The standard InChI is InChI=1S/C11H5BrFIOS/c12-8-3-1-2-7(10(8)13)11(15)6-4-9(14)16-5-6/h1-5H. The number of hydrogen-bond acceptors (Lipinski definition) is 2. The fourth-order valence-corrected chi connectivity index (χ4v) is 2.96. The third-order valence-corrected chi connectivity index (χ3v) is 4.43. The predicted octanol–water partition coefficient (Wildman–Crippen LogP) is 4.49. The van der Waals surface area contributed by atoms with Crippen LogP contribution in [-0.2, 0) is 0 Å². The maximum Gasteiger partial charge on any atom is 0.196 e. The Hall–Kier alpha value is -0.270. The van der Waals surface area contributed by atoms with Gasteiger partial charge in [0.25, 0.3) is 0 Å². The fourth-order valence-electron chi connectivity index (χ4n) is 1.26. The smallest absolute Gasteiger partial charge is 0.196 e. The molecule has 16 heavy (non-hydrogen) atoms. The zero-order valence-corrected chi connectivity index (χ0v) is 12.4. The molecule has 0 N–H and O–H groups in total. The molecule has 0 aliphatic heterocycles. The number of rotatable bonds is 2. The second kappa shape index (κ2) is 4.93. The lowest BCUT2D eigenvalue weighted by Crippen LogP contribution is -2.03. The number of ketones is 1. The highest BCUT2D eigenvalue weighted by atomic mass is 127. The average molecular weight is 411 g/mol. The van der Waals surface area contributed by atoms with Gasteiger partial charge in [-0.2, -0.15) is 0 Å². The van der Waals surface area contributed by atoms with Crippen molar-refractivity contribution in [3.63, 3.8) is 0 Å². The third-order valence-electron chi connectivity index (χ3n) is 2.03. The Kier molecular flexibility index (Phi) is 3.76. The van der Waals surface area contributed by atoms with Gasteiger partial charge in [-0.1, -0.05) is 6.07 Å². The lowest BCUT2D eigenvalue weighted by atomic mass is 10.1. The van der Waals surface area contributed by atoms with Crippen molar-refractivity contribution in [2.75, 3.05) is 0 Å². The molecule has 1 aromatic heterocycles. The first kappa shape index (κ1) is 12.2. The largest absolute Gasteiger partial charge is 0.288 e. The lowest BCUT2D eigenvalue weighted by molar-refractivity contribution is 0.103. The molecule has 1 nitrogen and oxygen atoms in total. The van der Waals surface area contributed by atoms with E-state index in [1.807, 2.05) is 0 Å². The van der Waals surface area contributed by atoms with E-state index in [-0.39, 0.29) is 11.3 Å². The molecule has 0 fully saturated rings. The number of benzene rings is 1. The van der Waals surface area contributed by atoms with E-state index in [4.69, 9.17) is 0 Å². The first-order valence-electron chi connectivity index (χ1n) is 4.32. The lowest BCUT2D eigenvalue weighted by Gasteiger charge is -2.01. The van der Waals surface area contributed by atoms with Crippen molar-refractivity contribution >= 4 is 55.6 Å². The van der Waals surface area contributed by atoms with Crippen LogP contribution in [0.25, 0.3) is 0 Å². The average Bonchev–Trinajstić information content (AvgIpc) is 2.68. The van der Waals surface area contributed by atoms with Gasteiger partial charge >= 0.3 is 0 Å². The minimum Gasteiger partial charge on any atom is -0.288 e. The normalized spacial score (nSPS) is 10.4. The molecule has 2 aromatic rings. The Bertz CT molecular complexity index is 553. The van der Waals surface area contributed by atoms with Crippen LogP contribution < -0.4 is 0 Å². The summed E-state index contributed by atoms with van der Waals surface area (Å²) in [6, 6.07) is 6.47. The van der Waals surface area contributed by atoms with Gasteiger partial charge in [-0.05, 0) is 56.7 Å². The van der Waals surface area contributed by atoms with Gasteiger partial charge in [0, 0.05) is 10.9 Å². The highest BCUT2D eigenvalue weighted by molar-refractivity contribution is 14.1. The van der Waals surface area contributed by atoms with E-state index in [9.17, 15) is 9.18 Å². The van der Waals surface area contributed by atoms with E-state index in [2.05, 4.69) is 38.5 Å². The number of carbonyl (C=O) groups is 1. The summed E-state index contributed by atoms with van der Waals surface area (Å²) < 4.78 is 15.0. The molecule has 0 aliphatic carbocycles. The number of hydrogen-bond donors (Lipinski definition) is 0. The minimum atomic E-state index is -0.506. The number of carbonyl (C=O) groups excluding carboxylic acids is 1. The molecule has 82 valence electrons.